The number of benzene rings is 4. The third-order valence-electron chi connectivity index (χ3n) is 7.89. The van der Waals surface area contributed by atoms with Gasteiger partial charge in [0, 0.05) is 17.1 Å². The molecule has 0 unspecified atom stereocenters. The highest BCUT2D eigenvalue weighted by molar-refractivity contribution is 6.32. The molecule has 1 heterocycles. The number of anilines is 4. The highest BCUT2D eigenvalue weighted by Crippen LogP contribution is 2.34. The lowest BCUT2D eigenvalue weighted by Crippen LogP contribution is -2.27. The van der Waals surface area contributed by atoms with E-state index >= 15 is 0 Å². The number of carbonyl (C=O) groups excluding carboxylic acids is 2. The highest BCUT2D eigenvalue weighted by atomic mass is 35.5. The third-order valence-corrected chi connectivity index (χ3v) is 8.18. The Hall–Kier alpha value is -6.74. The van der Waals surface area contributed by atoms with Crippen molar-refractivity contribution in [2.24, 2.45) is 0 Å². The van der Waals surface area contributed by atoms with Crippen LogP contribution in [0.1, 0.15) is 38.3 Å². The Kier molecular flexibility index (Phi) is 13.5. The maximum Gasteiger partial charge on any atom is 0.490 e. The minimum Gasteiger partial charge on any atom is -0.487 e. The summed E-state index contributed by atoms with van der Waals surface area (Å²) in [5.41, 5.74) is 5.42. The molecule has 300 valence electrons. The van der Waals surface area contributed by atoms with Crippen molar-refractivity contribution in [2.75, 3.05) is 16.0 Å². The smallest absolute Gasteiger partial charge is 0.487 e. The summed E-state index contributed by atoms with van der Waals surface area (Å²) in [5, 5.41) is 17.2. The SMILES string of the molecule is CC(C)(C)OC(=O)Nc1ccccc1NC(=O)/C=C/C1=CC=C(c2ccc3ncnc(Nc4ccc(OCc5cccc(F)c5)c(Cl)c4)c3c2)C1.O=C(O)C(F)(F)F. The zero-order valence-corrected chi connectivity index (χ0v) is 31.9. The molecule has 11 nitrogen and oxygen atoms in total. The molecule has 2 amide bonds. The predicted molar refractivity (Wildman–Crippen MR) is 213 cm³/mol. The van der Waals surface area contributed by atoms with Crippen LogP contribution in [-0.2, 0) is 20.9 Å². The van der Waals surface area contributed by atoms with Crippen molar-refractivity contribution < 1.29 is 46.5 Å². The van der Waals surface area contributed by atoms with Crippen molar-refractivity contribution in [3.63, 3.8) is 0 Å². The van der Waals surface area contributed by atoms with Crippen molar-refractivity contribution in [3.05, 3.63) is 143 Å². The number of halogens is 5. The van der Waals surface area contributed by atoms with Crippen molar-refractivity contribution in [1.82, 2.24) is 9.97 Å². The standard InChI is InChI=1S/C40H35ClFN5O4.C2HF3O2/c1-40(2,3)51-39(49)47-35-10-5-4-9-34(35)46-37(48)18-12-25-11-13-27(19-25)28-14-16-33-31(21-28)38(44-24-43-33)45-30-15-17-36(32(41)22-30)50-23-26-7-6-8-29(42)20-26;3-2(4,5)1(6)7/h4-18,20-22,24H,19,23H2,1-3H3,(H,46,48)(H,47,49)(H,43,44,45);(H,6,7)/b18-12+;. The van der Waals surface area contributed by atoms with E-state index in [0.29, 0.717) is 45.6 Å². The number of carbonyl (C=O) groups is 3. The van der Waals surface area contributed by atoms with Gasteiger partial charge in [-0.3, -0.25) is 10.1 Å². The fourth-order valence-electron chi connectivity index (χ4n) is 5.31. The van der Waals surface area contributed by atoms with E-state index in [1.54, 1.807) is 75.4 Å². The number of aliphatic carboxylic acids is 1. The first-order valence-corrected chi connectivity index (χ1v) is 17.8. The minimum atomic E-state index is -5.08. The van der Waals surface area contributed by atoms with Gasteiger partial charge in [-0.1, -0.05) is 60.2 Å². The molecular weight excluding hydrogens is 782 g/mol. The van der Waals surface area contributed by atoms with Crippen molar-refractivity contribution in [1.29, 1.82) is 0 Å². The second kappa shape index (κ2) is 18.5. The number of carboxylic acids is 1. The van der Waals surface area contributed by atoms with Gasteiger partial charge in [-0.05, 0) is 104 Å². The van der Waals surface area contributed by atoms with Crippen LogP contribution >= 0.6 is 11.6 Å². The number of allylic oxidation sites excluding steroid dienone is 5. The summed E-state index contributed by atoms with van der Waals surface area (Å²) in [6, 6.07) is 24.5. The van der Waals surface area contributed by atoms with Crippen LogP contribution in [0.3, 0.4) is 0 Å². The molecule has 58 heavy (non-hydrogen) atoms. The summed E-state index contributed by atoms with van der Waals surface area (Å²) in [6.45, 7) is 5.52. The van der Waals surface area contributed by atoms with E-state index in [1.165, 1.54) is 24.5 Å². The molecule has 1 aromatic heterocycles. The topological polar surface area (TPSA) is 152 Å². The van der Waals surface area contributed by atoms with Gasteiger partial charge in [-0.15, -0.1) is 0 Å². The average molecular weight is 818 g/mol. The summed E-state index contributed by atoms with van der Waals surface area (Å²) in [5.74, 6) is -2.34. The van der Waals surface area contributed by atoms with Gasteiger partial charge in [0.2, 0.25) is 5.91 Å². The molecule has 1 aliphatic rings. The summed E-state index contributed by atoms with van der Waals surface area (Å²) in [4.78, 5) is 42.9. The van der Waals surface area contributed by atoms with Crippen LogP contribution < -0.4 is 20.7 Å². The van der Waals surface area contributed by atoms with E-state index < -0.39 is 23.8 Å². The van der Waals surface area contributed by atoms with Gasteiger partial charge in [-0.25, -0.2) is 23.9 Å². The second-order valence-corrected chi connectivity index (χ2v) is 14.0. The Labute approximate surface area is 335 Å². The third kappa shape index (κ3) is 12.4. The summed E-state index contributed by atoms with van der Waals surface area (Å²) >= 11 is 6.53. The summed E-state index contributed by atoms with van der Waals surface area (Å²) < 4.78 is 56.4. The van der Waals surface area contributed by atoms with Crippen LogP contribution in [0.4, 0.5) is 45.2 Å². The molecule has 4 aromatic carbocycles. The number of para-hydroxylation sites is 2. The van der Waals surface area contributed by atoms with Gasteiger partial charge in [-0.2, -0.15) is 13.2 Å². The van der Waals surface area contributed by atoms with Gasteiger partial charge in [0.15, 0.2) is 0 Å². The molecule has 0 bridgehead atoms. The number of nitrogens with zero attached hydrogens (tertiary/aromatic N) is 2. The molecule has 4 N–H and O–H groups in total. The Bertz CT molecular complexity index is 2430. The van der Waals surface area contributed by atoms with E-state index in [9.17, 15) is 27.2 Å². The molecule has 1 aliphatic carbocycles. The van der Waals surface area contributed by atoms with Gasteiger partial charge < -0.3 is 25.2 Å². The molecule has 6 rings (SSSR count). The molecular formula is C42H36ClF4N5O6. The Morgan fingerprint density at radius 3 is 2.29 bits per heavy atom. The molecule has 0 fully saturated rings. The van der Waals surface area contributed by atoms with Crippen molar-refractivity contribution >= 4 is 68.9 Å². The van der Waals surface area contributed by atoms with E-state index in [-0.39, 0.29) is 18.3 Å². The number of amides is 2. The number of fused-ring (bicyclic) bond motifs is 1. The zero-order valence-electron chi connectivity index (χ0n) is 31.2. The Morgan fingerprint density at radius 1 is 0.897 bits per heavy atom. The first-order valence-electron chi connectivity index (χ1n) is 17.4. The molecule has 0 spiro atoms. The van der Waals surface area contributed by atoms with E-state index in [2.05, 4.69) is 25.9 Å². The number of alkyl halides is 3. The number of hydrogen-bond donors (Lipinski definition) is 4. The molecule has 0 saturated heterocycles. The fraction of sp³-hybridized carbons (Fsp3) is 0.167. The second-order valence-electron chi connectivity index (χ2n) is 13.6. The molecule has 0 radical (unpaired) electrons. The largest absolute Gasteiger partial charge is 0.490 e. The molecule has 0 saturated carbocycles. The Morgan fingerprint density at radius 2 is 1.62 bits per heavy atom. The van der Waals surface area contributed by atoms with Crippen LogP contribution in [0.15, 0.2) is 121 Å². The van der Waals surface area contributed by atoms with E-state index in [0.717, 1.165) is 27.6 Å². The fourth-order valence-corrected chi connectivity index (χ4v) is 5.54. The maximum atomic E-state index is 13.5. The van der Waals surface area contributed by atoms with Crippen molar-refractivity contribution in [3.8, 4) is 5.75 Å². The molecule has 16 heteroatoms. The van der Waals surface area contributed by atoms with Gasteiger partial charge in [0.05, 0.1) is 21.9 Å². The quantitative estimate of drug-likeness (QED) is 0.0797. The monoisotopic (exact) mass is 817 g/mol. The van der Waals surface area contributed by atoms with Crippen molar-refractivity contribution in [2.45, 2.75) is 45.6 Å². The lowest BCUT2D eigenvalue weighted by atomic mass is 10.0. The predicted octanol–water partition coefficient (Wildman–Crippen LogP) is 10.6. The summed E-state index contributed by atoms with van der Waals surface area (Å²) in [7, 11) is 0. The molecule has 5 aromatic rings. The molecule has 0 atom stereocenters. The normalized spacial score (nSPS) is 12.6. The zero-order chi connectivity index (χ0) is 42.0. The average Bonchev–Trinajstić information content (AvgIpc) is 3.63. The number of aromatic nitrogens is 2. The van der Waals surface area contributed by atoms with E-state index in [4.69, 9.17) is 31.0 Å². The number of hydrogen-bond acceptors (Lipinski definition) is 8. The first-order chi connectivity index (χ1) is 27.4. The van der Waals surface area contributed by atoms with E-state index in [1.807, 2.05) is 36.4 Å². The van der Waals surface area contributed by atoms with Gasteiger partial charge in [0.25, 0.3) is 0 Å². The van der Waals surface area contributed by atoms with Crippen LogP contribution in [0, 0.1) is 5.82 Å². The van der Waals surface area contributed by atoms with Crippen LogP contribution in [0.2, 0.25) is 5.02 Å². The minimum absolute atomic E-state index is 0.183. The number of ether oxygens (including phenoxy) is 2. The van der Waals surface area contributed by atoms with Gasteiger partial charge >= 0.3 is 18.2 Å². The first kappa shape index (κ1) is 42.4. The lowest BCUT2D eigenvalue weighted by Gasteiger charge is -2.20. The maximum absolute atomic E-state index is 13.5. The van der Waals surface area contributed by atoms with Crippen LogP contribution in [0.5, 0.6) is 5.75 Å². The Balaban J connectivity index is 0.000000839. The van der Waals surface area contributed by atoms with Crippen LogP contribution in [0.25, 0.3) is 16.5 Å². The van der Waals surface area contributed by atoms with Crippen LogP contribution in [-0.4, -0.2) is 44.8 Å². The highest BCUT2D eigenvalue weighted by Gasteiger charge is 2.38. The number of carboxylic acid groups (broad SMARTS) is 1. The lowest BCUT2D eigenvalue weighted by molar-refractivity contribution is -0.192. The summed E-state index contributed by atoms with van der Waals surface area (Å²) in [6.07, 6.45) is 3.66. The molecule has 0 aliphatic heterocycles. The number of nitrogens with one attached hydrogen (secondary N) is 3. The van der Waals surface area contributed by atoms with Gasteiger partial charge in [0.1, 0.15) is 35.9 Å². The number of rotatable bonds is 10.